The van der Waals surface area contributed by atoms with Crippen molar-refractivity contribution < 1.29 is 23.8 Å². The first-order valence-electron chi connectivity index (χ1n) is 6.83. The molecule has 1 unspecified atom stereocenters. The number of carbonyl (C=O) groups excluding carboxylic acids is 2. The highest BCUT2D eigenvalue weighted by Gasteiger charge is 2.26. The summed E-state index contributed by atoms with van der Waals surface area (Å²) < 4.78 is 15.5. The van der Waals surface area contributed by atoms with Crippen LogP contribution in [0.25, 0.3) is 0 Å². The minimum absolute atomic E-state index is 0.0189. The number of morpholine rings is 1. The van der Waals surface area contributed by atoms with Crippen LogP contribution in [0.4, 0.5) is 0 Å². The molecule has 2 rings (SSSR count). The van der Waals surface area contributed by atoms with Crippen LogP contribution in [0.2, 0.25) is 0 Å². The number of amides is 1. The number of methoxy groups -OCH3 is 1. The number of para-hydroxylation sites is 1. The van der Waals surface area contributed by atoms with Gasteiger partial charge in [-0.2, -0.15) is 0 Å². The molecule has 114 valence electrons. The molecule has 1 atom stereocenters. The Morgan fingerprint density at radius 1 is 1.33 bits per heavy atom. The van der Waals surface area contributed by atoms with E-state index in [1.165, 1.54) is 7.11 Å². The molecule has 0 aromatic heterocycles. The van der Waals surface area contributed by atoms with Gasteiger partial charge in [-0.3, -0.25) is 9.59 Å². The van der Waals surface area contributed by atoms with Gasteiger partial charge in [0.2, 0.25) is 0 Å². The topological polar surface area (TPSA) is 65.1 Å². The van der Waals surface area contributed by atoms with Crippen molar-refractivity contribution in [3.8, 4) is 5.75 Å². The van der Waals surface area contributed by atoms with E-state index in [1.807, 2.05) is 18.2 Å². The zero-order valence-corrected chi connectivity index (χ0v) is 12.0. The van der Waals surface area contributed by atoms with Crippen molar-refractivity contribution in [3.05, 3.63) is 30.3 Å². The first-order chi connectivity index (χ1) is 10.2. The average molecular weight is 293 g/mol. The molecule has 1 amide bonds. The zero-order valence-electron chi connectivity index (χ0n) is 12.0. The number of ether oxygens (including phenoxy) is 3. The van der Waals surface area contributed by atoms with E-state index in [-0.39, 0.29) is 31.0 Å². The molecule has 1 saturated heterocycles. The molecule has 6 nitrogen and oxygen atoms in total. The van der Waals surface area contributed by atoms with E-state index < -0.39 is 0 Å². The molecule has 1 heterocycles. The van der Waals surface area contributed by atoms with Gasteiger partial charge in [0.25, 0.3) is 5.91 Å². The average Bonchev–Trinajstić information content (AvgIpc) is 2.53. The summed E-state index contributed by atoms with van der Waals surface area (Å²) in [4.78, 5) is 25.0. The third kappa shape index (κ3) is 4.75. The van der Waals surface area contributed by atoms with Crippen LogP contribution in [0.1, 0.15) is 6.42 Å². The van der Waals surface area contributed by atoms with E-state index >= 15 is 0 Å². The highest BCUT2D eigenvalue weighted by atomic mass is 16.5. The third-order valence-corrected chi connectivity index (χ3v) is 3.22. The summed E-state index contributed by atoms with van der Waals surface area (Å²) in [5, 5.41) is 0. The summed E-state index contributed by atoms with van der Waals surface area (Å²) >= 11 is 0. The molecule has 1 fully saturated rings. The largest absolute Gasteiger partial charge is 0.484 e. The Kier molecular flexibility index (Phi) is 5.57. The van der Waals surface area contributed by atoms with Crippen LogP contribution in [0.15, 0.2) is 30.3 Å². The van der Waals surface area contributed by atoms with Crippen molar-refractivity contribution in [1.82, 2.24) is 4.90 Å². The second-order valence-electron chi connectivity index (χ2n) is 4.71. The molecule has 1 aliphatic rings. The Morgan fingerprint density at radius 3 is 2.81 bits per heavy atom. The van der Waals surface area contributed by atoms with Crippen LogP contribution >= 0.6 is 0 Å². The maximum absolute atomic E-state index is 12.1. The standard InChI is InChI=1S/C15H19NO5/c1-19-15(18)9-13-10-16(7-8-20-13)14(17)11-21-12-5-3-2-4-6-12/h2-6,13H,7-11H2,1H3. The molecular formula is C15H19NO5. The SMILES string of the molecule is COC(=O)CC1CN(C(=O)COc2ccccc2)CCO1. The van der Waals surface area contributed by atoms with Crippen molar-refractivity contribution in [3.63, 3.8) is 0 Å². The van der Waals surface area contributed by atoms with Gasteiger partial charge in [-0.1, -0.05) is 18.2 Å². The molecule has 0 radical (unpaired) electrons. The zero-order chi connectivity index (χ0) is 15.1. The van der Waals surface area contributed by atoms with E-state index in [9.17, 15) is 9.59 Å². The van der Waals surface area contributed by atoms with E-state index in [0.717, 1.165) is 0 Å². The van der Waals surface area contributed by atoms with Crippen molar-refractivity contribution in [2.75, 3.05) is 33.4 Å². The summed E-state index contributed by atoms with van der Waals surface area (Å²) in [5.74, 6) is 0.206. The number of carbonyl (C=O) groups is 2. The Bertz CT molecular complexity index is 476. The molecule has 0 N–H and O–H groups in total. The number of esters is 1. The number of benzene rings is 1. The number of hydrogen-bond acceptors (Lipinski definition) is 5. The molecule has 0 bridgehead atoms. The predicted molar refractivity (Wildman–Crippen MR) is 74.9 cm³/mol. The fourth-order valence-electron chi connectivity index (χ4n) is 2.09. The summed E-state index contributed by atoms with van der Waals surface area (Å²) in [6, 6.07) is 9.18. The van der Waals surface area contributed by atoms with Crippen LogP contribution in [0.5, 0.6) is 5.75 Å². The lowest BCUT2D eigenvalue weighted by molar-refractivity contribution is -0.150. The van der Waals surface area contributed by atoms with Gasteiger partial charge >= 0.3 is 5.97 Å². The number of rotatable bonds is 5. The Balaban J connectivity index is 1.80. The molecule has 0 spiro atoms. The number of hydrogen-bond donors (Lipinski definition) is 0. The van der Waals surface area contributed by atoms with Gasteiger partial charge in [-0.05, 0) is 12.1 Å². The normalized spacial score (nSPS) is 18.1. The highest BCUT2D eigenvalue weighted by molar-refractivity contribution is 5.78. The lowest BCUT2D eigenvalue weighted by atomic mass is 10.2. The van der Waals surface area contributed by atoms with E-state index in [2.05, 4.69) is 4.74 Å². The smallest absolute Gasteiger partial charge is 0.308 e. The first kappa shape index (κ1) is 15.3. The molecular weight excluding hydrogens is 274 g/mol. The molecule has 1 aliphatic heterocycles. The highest BCUT2D eigenvalue weighted by Crippen LogP contribution is 2.12. The van der Waals surface area contributed by atoms with E-state index in [4.69, 9.17) is 9.47 Å². The lowest BCUT2D eigenvalue weighted by Gasteiger charge is -2.32. The second-order valence-corrected chi connectivity index (χ2v) is 4.71. The molecule has 1 aromatic rings. The van der Waals surface area contributed by atoms with Gasteiger partial charge in [0, 0.05) is 13.1 Å². The Morgan fingerprint density at radius 2 is 2.10 bits per heavy atom. The van der Waals surface area contributed by atoms with Gasteiger partial charge in [0.05, 0.1) is 26.2 Å². The Hall–Kier alpha value is -2.08. The van der Waals surface area contributed by atoms with Crippen LogP contribution in [0, 0.1) is 0 Å². The monoisotopic (exact) mass is 293 g/mol. The number of nitrogens with zero attached hydrogens (tertiary/aromatic N) is 1. The van der Waals surface area contributed by atoms with Crippen LogP contribution in [-0.2, 0) is 19.1 Å². The van der Waals surface area contributed by atoms with Crippen molar-refractivity contribution in [2.45, 2.75) is 12.5 Å². The van der Waals surface area contributed by atoms with Crippen LogP contribution in [0.3, 0.4) is 0 Å². The maximum atomic E-state index is 12.1. The minimum atomic E-state index is -0.338. The van der Waals surface area contributed by atoms with Crippen LogP contribution in [-0.4, -0.2) is 56.3 Å². The molecule has 6 heteroatoms. The third-order valence-electron chi connectivity index (χ3n) is 3.22. The fourth-order valence-corrected chi connectivity index (χ4v) is 2.09. The minimum Gasteiger partial charge on any atom is -0.484 e. The molecule has 0 saturated carbocycles. The first-order valence-corrected chi connectivity index (χ1v) is 6.83. The quantitative estimate of drug-likeness (QED) is 0.753. The van der Waals surface area contributed by atoms with Gasteiger partial charge in [-0.15, -0.1) is 0 Å². The van der Waals surface area contributed by atoms with Crippen LogP contribution < -0.4 is 4.74 Å². The molecule has 21 heavy (non-hydrogen) atoms. The summed E-state index contributed by atoms with van der Waals surface area (Å²) in [6.45, 7) is 1.29. The van der Waals surface area contributed by atoms with E-state index in [1.54, 1.807) is 17.0 Å². The molecule has 1 aromatic carbocycles. The fraction of sp³-hybridized carbons (Fsp3) is 0.467. The van der Waals surface area contributed by atoms with E-state index in [0.29, 0.717) is 25.4 Å². The summed E-state index contributed by atoms with van der Waals surface area (Å²) in [7, 11) is 1.34. The van der Waals surface area contributed by atoms with Gasteiger partial charge in [-0.25, -0.2) is 0 Å². The predicted octanol–water partition coefficient (Wildman–Crippen LogP) is 0.856. The Labute approximate surface area is 123 Å². The van der Waals surface area contributed by atoms with Gasteiger partial charge < -0.3 is 19.1 Å². The molecule has 0 aliphatic carbocycles. The van der Waals surface area contributed by atoms with Crippen molar-refractivity contribution in [1.29, 1.82) is 0 Å². The summed E-state index contributed by atoms with van der Waals surface area (Å²) in [6.07, 6.45) is -0.160. The lowest BCUT2D eigenvalue weighted by Crippen LogP contribution is -2.47. The van der Waals surface area contributed by atoms with Gasteiger partial charge in [0.1, 0.15) is 5.75 Å². The summed E-state index contributed by atoms with van der Waals surface area (Å²) in [5.41, 5.74) is 0. The van der Waals surface area contributed by atoms with Gasteiger partial charge in [0.15, 0.2) is 6.61 Å². The van der Waals surface area contributed by atoms with Crippen molar-refractivity contribution >= 4 is 11.9 Å². The second kappa shape index (κ2) is 7.64. The maximum Gasteiger partial charge on any atom is 0.308 e. The van der Waals surface area contributed by atoms with Crippen molar-refractivity contribution in [2.24, 2.45) is 0 Å².